The zero-order valence-electron chi connectivity index (χ0n) is 12.6. The summed E-state index contributed by atoms with van der Waals surface area (Å²) in [5.41, 5.74) is 2.83. The van der Waals surface area contributed by atoms with E-state index in [4.69, 9.17) is 0 Å². The van der Waals surface area contributed by atoms with Gasteiger partial charge < -0.3 is 9.67 Å². The molecule has 6 heteroatoms. The molecule has 0 fully saturated rings. The van der Waals surface area contributed by atoms with Crippen molar-refractivity contribution in [1.82, 2.24) is 4.57 Å². The van der Waals surface area contributed by atoms with E-state index in [1.807, 2.05) is 36.4 Å². The molecule has 0 aliphatic carbocycles. The van der Waals surface area contributed by atoms with Crippen LogP contribution in [0.2, 0.25) is 0 Å². The Labute approximate surface area is 137 Å². The summed E-state index contributed by atoms with van der Waals surface area (Å²) in [5, 5.41) is 20.2. The number of rotatable bonds is 5. The number of aromatic nitrogens is 1. The number of aliphatic carboxylic acids is 1. The highest BCUT2D eigenvalue weighted by atomic mass is 16.6. The maximum Gasteiger partial charge on any atom is 0.323 e. The number of non-ortho nitro benzene ring substituents is 1. The minimum absolute atomic E-state index is 0.0307. The Morgan fingerprint density at radius 2 is 1.58 bits per heavy atom. The van der Waals surface area contributed by atoms with Crippen LogP contribution in [0.1, 0.15) is 0 Å². The number of benzene rings is 2. The van der Waals surface area contributed by atoms with E-state index in [1.165, 1.54) is 12.1 Å². The summed E-state index contributed by atoms with van der Waals surface area (Å²) in [4.78, 5) is 21.8. The molecule has 2 aromatic carbocycles. The number of nitro groups is 1. The van der Waals surface area contributed by atoms with Gasteiger partial charge in [-0.3, -0.25) is 14.9 Å². The molecule has 0 saturated heterocycles. The van der Waals surface area contributed by atoms with Crippen molar-refractivity contribution < 1.29 is 14.8 Å². The average molecular weight is 322 g/mol. The van der Waals surface area contributed by atoms with Crippen LogP contribution in [-0.2, 0) is 11.3 Å². The Kier molecular flexibility index (Phi) is 4.11. The molecule has 24 heavy (non-hydrogen) atoms. The second-order valence-electron chi connectivity index (χ2n) is 5.26. The predicted molar refractivity (Wildman–Crippen MR) is 89.6 cm³/mol. The van der Waals surface area contributed by atoms with E-state index < -0.39 is 10.9 Å². The van der Waals surface area contributed by atoms with Gasteiger partial charge >= 0.3 is 5.97 Å². The molecule has 0 bridgehead atoms. The zero-order valence-corrected chi connectivity index (χ0v) is 12.6. The molecule has 0 atom stereocenters. The third kappa shape index (κ3) is 3.03. The molecule has 0 aliphatic heterocycles. The number of carboxylic acids is 1. The van der Waals surface area contributed by atoms with Crippen molar-refractivity contribution in [2.45, 2.75) is 6.54 Å². The molecule has 3 aromatic rings. The molecule has 120 valence electrons. The second kappa shape index (κ2) is 6.37. The van der Waals surface area contributed by atoms with Crippen LogP contribution >= 0.6 is 0 Å². The molecule has 0 amide bonds. The highest BCUT2D eigenvalue weighted by Gasteiger charge is 2.16. The molecule has 0 aliphatic rings. The smallest absolute Gasteiger partial charge is 0.323 e. The normalized spacial score (nSPS) is 10.5. The van der Waals surface area contributed by atoms with Crippen molar-refractivity contribution in [3.63, 3.8) is 0 Å². The van der Waals surface area contributed by atoms with E-state index in [2.05, 4.69) is 0 Å². The molecule has 3 rings (SSSR count). The Morgan fingerprint density at radius 1 is 0.958 bits per heavy atom. The van der Waals surface area contributed by atoms with Gasteiger partial charge in [-0.25, -0.2) is 0 Å². The summed E-state index contributed by atoms with van der Waals surface area (Å²) in [6, 6.07) is 19.2. The second-order valence-corrected chi connectivity index (χ2v) is 5.26. The lowest BCUT2D eigenvalue weighted by Crippen LogP contribution is -2.11. The lowest BCUT2D eigenvalue weighted by molar-refractivity contribution is -0.384. The number of hydrogen-bond acceptors (Lipinski definition) is 3. The van der Waals surface area contributed by atoms with Gasteiger partial charge in [-0.15, -0.1) is 0 Å². The Bertz CT molecular complexity index is 900. The lowest BCUT2D eigenvalue weighted by atomic mass is 10.1. The number of nitro benzene ring substituents is 1. The van der Waals surface area contributed by atoms with Crippen LogP contribution < -0.4 is 0 Å². The van der Waals surface area contributed by atoms with Crippen LogP contribution in [0.25, 0.3) is 22.5 Å². The van der Waals surface area contributed by atoms with Crippen LogP contribution in [0.15, 0.2) is 66.7 Å². The third-order valence-corrected chi connectivity index (χ3v) is 3.70. The topological polar surface area (TPSA) is 85.4 Å². The summed E-state index contributed by atoms with van der Waals surface area (Å²) in [6.45, 7) is -0.227. The van der Waals surface area contributed by atoms with E-state index in [0.717, 1.165) is 11.3 Å². The van der Waals surface area contributed by atoms with Gasteiger partial charge in [-0.05, 0) is 17.7 Å². The molecule has 6 nitrogen and oxygen atoms in total. The van der Waals surface area contributed by atoms with E-state index in [-0.39, 0.29) is 12.2 Å². The van der Waals surface area contributed by atoms with Crippen LogP contribution in [0, 0.1) is 10.1 Å². The molecule has 1 heterocycles. The van der Waals surface area contributed by atoms with Gasteiger partial charge in [0, 0.05) is 29.1 Å². The van der Waals surface area contributed by atoms with E-state index in [1.54, 1.807) is 22.8 Å². The van der Waals surface area contributed by atoms with Crippen LogP contribution in [0.4, 0.5) is 5.69 Å². The molecule has 0 spiro atoms. The quantitative estimate of drug-likeness (QED) is 0.571. The van der Waals surface area contributed by atoms with Gasteiger partial charge in [0.1, 0.15) is 6.54 Å². The first-order valence-electron chi connectivity index (χ1n) is 7.28. The average Bonchev–Trinajstić information content (AvgIpc) is 2.98. The summed E-state index contributed by atoms with van der Waals surface area (Å²) in [7, 11) is 0. The molecule has 0 unspecified atom stereocenters. The molecule has 0 saturated carbocycles. The third-order valence-electron chi connectivity index (χ3n) is 3.70. The van der Waals surface area contributed by atoms with Gasteiger partial charge in [0.05, 0.1) is 4.92 Å². The molecular weight excluding hydrogens is 308 g/mol. The van der Waals surface area contributed by atoms with E-state index in [9.17, 15) is 20.0 Å². The fourth-order valence-electron chi connectivity index (χ4n) is 2.67. The van der Waals surface area contributed by atoms with E-state index in [0.29, 0.717) is 11.3 Å². The molecule has 0 radical (unpaired) electrons. The Balaban J connectivity index is 2.15. The summed E-state index contributed by atoms with van der Waals surface area (Å²) >= 11 is 0. The summed E-state index contributed by atoms with van der Waals surface area (Å²) < 4.78 is 1.65. The predicted octanol–water partition coefficient (Wildman–Crippen LogP) is 3.81. The highest BCUT2D eigenvalue weighted by Crippen LogP contribution is 2.30. The standard InChI is InChI=1S/C18H14N2O4/c21-18(22)12-19-16(13-5-2-1-3-6-13)9-10-17(19)14-7-4-8-15(11-14)20(23)24/h1-11H,12H2,(H,21,22). The van der Waals surface area contributed by atoms with Crippen molar-refractivity contribution in [2.24, 2.45) is 0 Å². The Hall–Kier alpha value is -3.41. The maximum atomic E-state index is 11.3. The highest BCUT2D eigenvalue weighted by molar-refractivity contribution is 5.75. The van der Waals surface area contributed by atoms with E-state index >= 15 is 0 Å². The number of hydrogen-bond donors (Lipinski definition) is 1. The van der Waals surface area contributed by atoms with Crippen LogP contribution in [-0.4, -0.2) is 20.6 Å². The fraction of sp³-hybridized carbons (Fsp3) is 0.0556. The Morgan fingerprint density at radius 3 is 2.21 bits per heavy atom. The molecule has 1 N–H and O–H groups in total. The number of carbonyl (C=O) groups is 1. The first-order chi connectivity index (χ1) is 11.6. The lowest BCUT2D eigenvalue weighted by Gasteiger charge is -2.12. The van der Waals surface area contributed by atoms with Crippen molar-refractivity contribution in [3.8, 4) is 22.5 Å². The largest absolute Gasteiger partial charge is 0.480 e. The van der Waals surface area contributed by atoms with Gasteiger partial charge in [-0.2, -0.15) is 0 Å². The number of nitrogens with zero attached hydrogens (tertiary/aromatic N) is 2. The first-order valence-corrected chi connectivity index (χ1v) is 7.28. The zero-order chi connectivity index (χ0) is 17.1. The van der Waals surface area contributed by atoms with Gasteiger partial charge in [0.15, 0.2) is 0 Å². The maximum absolute atomic E-state index is 11.3. The van der Waals surface area contributed by atoms with Gasteiger partial charge in [0.2, 0.25) is 0 Å². The first kappa shape index (κ1) is 15.5. The number of carboxylic acid groups (broad SMARTS) is 1. The minimum Gasteiger partial charge on any atom is -0.480 e. The molecule has 1 aromatic heterocycles. The fourth-order valence-corrected chi connectivity index (χ4v) is 2.67. The van der Waals surface area contributed by atoms with Crippen LogP contribution in [0.3, 0.4) is 0 Å². The monoisotopic (exact) mass is 322 g/mol. The van der Waals surface area contributed by atoms with Gasteiger partial charge in [0.25, 0.3) is 5.69 Å². The summed E-state index contributed by atoms with van der Waals surface area (Å²) in [5.74, 6) is -0.977. The van der Waals surface area contributed by atoms with Crippen molar-refractivity contribution in [1.29, 1.82) is 0 Å². The van der Waals surface area contributed by atoms with Crippen molar-refractivity contribution >= 4 is 11.7 Å². The summed E-state index contributed by atoms with van der Waals surface area (Å²) in [6.07, 6.45) is 0. The van der Waals surface area contributed by atoms with Crippen molar-refractivity contribution in [2.75, 3.05) is 0 Å². The minimum atomic E-state index is -0.977. The van der Waals surface area contributed by atoms with Crippen LogP contribution in [0.5, 0.6) is 0 Å². The van der Waals surface area contributed by atoms with Gasteiger partial charge in [-0.1, -0.05) is 42.5 Å². The SMILES string of the molecule is O=C(O)Cn1c(-c2ccccc2)ccc1-c1cccc([N+](=O)[O-])c1. The van der Waals surface area contributed by atoms with Crippen molar-refractivity contribution in [3.05, 3.63) is 76.8 Å². The molecular formula is C18H14N2O4.